The lowest BCUT2D eigenvalue weighted by Gasteiger charge is -2.36. The molecule has 0 radical (unpaired) electrons. The molecule has 9 aromatic rings. The second-order valence-corrected chi connectivity index (χ2v) is 17.0. The van der Waals surface area contributed by atoms with E-state index in [1.165, 1.54) is 149 Å². The van der Waals surface area contributed by atoms with Gasteiger partial charge in [0.05, 0.1) is 0 Å². The van der Waals surface area contributed by atoms with E-state index in [1.54, 1.807) is 0 Å². The molecule has 0 N–H and O–H groups in total. The Bertz CT molecular complexity index is 3120. The lowest BCUT2D eigenvalue weighted by Crippen LogP contribution is -2.57. The standard InChI is InChI=1S/C54H31B/c1-5-14-36-28(10-1)20-32-24-42-40-18-9-19-41-43-25-33-21-29-11-2-6-15-37(29)47(33)53-49-35(23-31-13-4-8-17-39(31)49)27-45(51(43)53)55(54(40)41)44-26-34-22-30-12-3-7-16-38(30)48(34)52(46(32)36)50(42)44/h1-19,24-27H,20-23H2. The molecule has 1 heteroatoms. The predicted octanol–water partition coefficient (Wildman–Crippen LogP) is 10.8. The van der Waals surface area contributed by atoms with Crippen LogP contribution in [0.5, 0.6) is 0 Å². The summed E-state index contributed by atoms with van der Waals surface area (Å²) in [5, 5.41) is 5.94. The average Bonchev–Trinajstić information content (AvgIpc) is 3.99. The smallest absolute Gasteiger partial charge is 0.0621 e. The van der Waals surface area contributed by atoms with Crippen molar-refractivity contribution in [3.8, 4) is 66.8 Å². The first-order valence-electron chi connectivity index (χ1n) is 20.1. The molecule has 55 heavy (non-hydrogen) atoms. The SMILES string of the molecule is c1ccc2c(c1)Cc1cc3c4c(cc5c(c4c1-2)-c1ccccc1C5)-c1cccc2c1B3c1cc3c(c4c5c(cc-2c14)Cc1ccccc1-5)-c1ccccc1C3. The van der Waals surface area contributed by atoms with E-state index in [-0.39, 0.29) is 6.71 Å². The van der Waals surface area contributed by atoms with Crippen LogP contribution in [0.15, 0.2) is 140 Å². The number of hydrogen-bond donors (Lipinski definition) is 0. The molecular formula is C54H31B. The molecule has 0 aromatic heterocycles. The number of fused-ring (bicyclic) bond motifs is 20. The minimum Gasteiger partial charge on any atom is -0.0621 e. The highest BCUT2D eigenvalue weighted by Crippen LogP contribution is 2.55. The summed E-state index contributed by atoms with van der Waals surface area (Å²) in [6.07, 6.45) is 3.97. The summed E-state index contributed by atoms with van der Waals surface area (Å²) >= 11 is 0. The highest BCUT2D eigenvalue weighted by atomic mass is 14.4. The summed E-state index contributed by atoms with van der Waals surface area (Å²) in [6, 6.07) is 54.6. The first-order chi connectivity index (χ1) is 27.3. The Balaban J connectivity index is 1.14. The number of benzene rings is 9. The van der Waals surface area contributed by atoms with Gasteiger partial charge in [0, 0.05) is 0 Å². The van der Waals surface area contributed by atoms with Crippen LogP contribution in [0.3, 0.4) is 0 Å². The molecule has 2 aliphatic heterocycles. The van der Waals surface area contributed by atoms with Crippen molar-refractivity contribution in [3.05, 3.63) is 184 Å². The Hall–Kier alpha value is -6.44. The van der Waals surface area contributed by atoms with Crippen LogP contribution in [0.1, 0.15) is 44.5 Å². The summed E-state index contributed by atoms with van der Waals surface area (Å²) in [4.78, 5) is 0. The van der Waals surface area contributed by atoms with E-state index in [9.17, 15) is 0 Å². The third-order valence-corrected chi connectivity index (χ3v) is 14.5. The molecule has 0 atom stereocenters. The van der Waals surface area contributed by atoms with Gasteiger partial charge in [-0.2, -0.15) is 0 Å². The van der Waals surface area contributed by atoms with Crippen LogP contribution < -0.4 is 16.4 Å². The van der Waals surface area contributed by atoms with Crippen molar-refractivity contribution in [2.75, 3.05) is 0 Å². The van der Waals surface area contributed by atoms with Crippen LogP contribution in [-0.2, 0) is 25.7 Å². The van der Waals surface area contributed by atoms with Gasteiger partial charge in [-0.3, -0.25) is 0 Å². The molecule has 6 aliphatic rings. The van der Waals surface area contributed by atoms with Gasteiger partial charge in [0.1, 0.15) is 0 Å². The lowest BCUT2D eigenvalue weighted by molar-refractivity contribution is 1.26. The van der Waals surface area contributed by atoms with Crippen molar-refractivity contribution >= 4 is 44.6 Å². The van der Waals surface area contributed by atoms with Crippen LogP contribution >= 0.6 is 0 Å². The van der Waals surface area contributed by atoms with Crippen LogP contribution in [0, 0.1) is 0 Å². The Morgan fingerprint density at radius 2 is 0.600 bits per heavy atom. The molecule has 250 valence electrons. The molecule has 0 fully saturated rings. The third-order valence-electron chi connectivity index (χ3n) is 14.5. The van der Waals surface area contributed by atoms with E-state index in [0.717, 1.165) is 25.7 Å². The van der Waals surface area contributed by atoms with Gasteiger partial charge in [0.2, 0.25) is 6.71 Å². The molecule has 2 heterocycles. The van der Waals surface area contributed by atoms with Crippen LogP contribution in [0.4, 0.5) is 0 Å². The van der Waals surface area contributed by atoms with Crippen molar-refractivity contribution < 1.29 is 0 Å². The molecule has 0 nitrogen and oxygen atoms in total. The molecule has 15 rings (SSSR count). The van der Waals surface area contributed by atoms with E-state index in [1.807, 2.05) is 0 Å². The first kappa shape index (κ1) is 28.1. The molecule has 0 saturated carbocycles. The molecule has 0 unspecified atom stereocenters. The monoisotopic (exact) mass is 690 g/mol. The summed E-state index contributed by atoms with van der Waals surface area (Å²) in [5.41, 5.74) is 33.6. The highest BCUT2D eigenvalue weighted by Gasteiger charge is 2.43. The topological polar surface area (TPSA) is 0 Å². The van der Waals surface area contributed by atoms with E-state index in [2.05, 4.69) is 140 Å². The van der Waals surface area contributed by atoms with Gasteiger partial charge in [0.15, 0.2) is 0 Å². The van der Waals surface area contributed by atoms with Crippen LogP contribution in [-0.4, -0.2) is 6.71 Å². The fourth-order valence-corrected chi connectivity index (χ4v) is 12.5. The minimum absolute atomic E-state index is 0.156. The van der Waals surface area contributed by atoms with Crippen molar-refractivity contribution in [1.29, 1.82) is 0 Å². The zero-order chi connectivity index (χ0) is 35.3. The molecule has 0 amide bonds. The molecule has 9 aromatic carbocycles. The zero-order valence-electron chi connectivity index (χ0n) is 30.2. The second kappa shape index (κ2) is 9.43. The Morgan fingerprint density at radius 1 is 0.273 bits per heavy atom. The van der Waals surface area contributed by atoms with E-state index in [4.69, 9.17) is 0 Å². The Kier molecular flexibility index (Phi) is 4.81. The van der Waals surface area contributed by atoms with Crippen LogP contribution in [0.2, 0.25) is 0 Å². The molecule has 0 spiro atoms. The maximum absolute atomic E-state index is 2.67. The van der Waals surface area contributed by atoms with Gasteiger partial charge >= 0.3 is 0 Å². The van der Waals surface area contributed by atoms with Gasteiger partial charge in [-0.25, -0.2) is 0 Å². The Morgan fingerprint density at radius 3 is 0.982 bits per heavy atom. The van der Waals surface area contributed by atoms with Gasteiger partial charge in [-0.1, -0.05) is 144 Å². The van der Waals surface area contributed by atoms with Crippen molar-refractivity contribution in [3.63, 3.8) is 0 Å². The second-order valence-electron chi connectivity index (χ2n) is 17.0. The predicted molar refractivity (Wildman–Crippen MR) is 230 cm³/mol. The maximum Gasteiger partial charge on any atom is 0.244 e. The third kappa shape index (κ3) is 3.20. The summed E-state index contributed by atoms with van der Waals surface area (Å²) in [6.45, 7) is 0.156. The number of hydrogen-bond acceptors (Lipinski definition) is 0. The van der Waals surface area contributed by atoms with E-state index < -0.39 is 0 Å². The minimum atomic E-state index is 0.156. The molecule has 0 saturated heterocycles. The summed E-state index contributed by atoms with van der Waals surface area (Å²) < 4.78 is 0. The average molecular weight is 691 g/mol. The molecular weight excluding hydrogens is 659 g/mol. The van der Waals surface area contributed by atoms with Gasteiger partial charge in [0.25, 0.3) is 0 Å². The van der Waals surface area contributed by atoms with Gasteiger partial charge in [-0.15, -0.1) is 0 Å². The van der Waals surface area contributed by atoms with Gasteiger partial charge in [-0.05, 0) is 171 Å². The van der Waals surface area contributed by atoms with Gasteiger partial charge < -0.3 is 0 Å². The summed E-state index contributed by atoms with van der Waals surface area (Å²) in [7, 11) is 0. The zero-order valence-corrected chi connectivity index (χ0v) is 30.2. The summed E-state index contributed by atoms with van der Waals surface area (Å²) in [5.74, 6) is 0. The molecule has 4 aliphatic carbocycles. The van der Waals surface area contributed by atoms with Crippen molar-refractivity contribution in [2.24, 2.45) is 0 Å². The quantitative estimate of drug-likeness (QED) is 0.139. The van der Waals surface area contributed by atoms with E-state index in [0.29, 0.717) is 0 Å². The first-order valence-corrected chi connectivity index (χ1v) is 20.1. The van der Waals surface area contributed by atoms with Crippen molar-refractivity contribution in [1.82, 2.24) is 0 Å². The lowest BCUT2D eigenvalue weighted by atomic mass is 9.30. The number of rotatable bonds is 0. The fraction of sp³-hybridized carbons (Fsp3) is 0.0741. The largest absolute Gasteiger partial charge is 0.244 e. The van der Waals surface area contributed by atoms with Crippen molar-refractivity contribution in [2.45, 2.75) is 25.7 Å². The van der Waals surface area contributed by atoms with E-state index >= 15 is 0 Å². The van der Waals surface area contributed by atoms with Crippen LogP contribution in [0.25, 0.3) is 88.3 Å². The maximum atomic E-state index is 2.67. The Labute approximate surface area is 319 Å². The molecule has 0 bridgehead atoms. The highest BCUT2D eigenvalue weighted by molar-refractivity contribution is 7.01. The fourth-order valence-electron chi connectivity index (χ4n) is 12.5. The normalized spacial score (nSPS) is 14.6.